The second-order valence-corrected chi connectivity index (χ2v) is 8.85. The Hall–Kier alpha value is -2.96. The number of aliphatic hydroxyl groups is 1. The number of halogens is 1. The number of aromatic nitrogens is 4. The van der Waals surface area contributed by atoms with E-state index in [1.807, 2.05) is 53.1 Å². The largest absolute Gasteiger partial charge is 0.392 e. The molecular formula is C23H24ClN5O. The van der Waals surface area contributed by atoms with Crippen LogP contribution in [0.4, 0.5) is 5.95 Å². The van der Waals surface area contributed by atoms with Crippen molar-refractivity contribution in [2.45, 2.75) is 27.4 Å². The monoisotopic (exact) mass is 421 g/mol. The highest BCUT2D eigenvalue weighted by atomic mass is 35.5. The van der Waals surface area contributed by atoms with E-state index >= 15 is 0 Å². The third kappa shape index (κ3) is 4.30. The summed E-state index contributed by atoms with van der Waals surface area (Å²) in [4.78, 5) is 14.0. The molecule has 4 aromatic rings. The van der Waals surface area contributed by atoms with Crippen LogP contribution in [0.5, 0.6) is 0 Å². The first-order chi connectivity index (χ1) is 14.3. The molecule has 0 fully saturated rings. The minimum Gasteiger partial charge on any atom is -0.392 e. The average Bonchev–Trinajstić information content (AvgIpc) is 3.11. The van der Waals surface area contributed by atoms with Crippen molar-refractivity contribution in [2.24, 2.45) is 5.41 Å². The lowest BCUT2D eigenvalue weighted by Gasteiger charge is -2.18. The quantitative estimate of drug-likeness (QED) is 0.471. The molecule has 7 heteroatoms. The van der Waals surface area contributed by atoms with Crippen LogP contribution in [-0.4, -0.2) is 31.0 Å². The summed E-state index contributed by atoms with van der Waals surface area (Å²) in [5.41, 5.74) is 5.00. The first kappa shape index (κ1) is 20.3. The van der Waals surface area contributed by atoms with Crippen LogP contribution in [0.3, 0.4) is 0 Å². The summed E-state index contributed by atoms with van der Waals surface area (Å²) in [5.74, 6) is 0.575. The van der Waals surface area contributed by atoms with E-state index < -0.39 is 0 Å². The lowest BCUT2D eigenvalue weighted by molar-refractivity contribution is 0.282. The predicted octanol–water partition coefficient (Wildman–Crippen LogP) is 5.06. The van der Waals surface area contributed by atoms with Crippen LogP contribution in [0.2, 0.25) is 5.02 Å². The molecule has 0 atom stereocenters. The molecule has 2 N–H and O–H groups in total. The SMILES string of the molecule is CC(C)(C)CNc1nccc(-c2c(-c3ccc(Cl)cc3)nc3cc(CO)ccn23)n1. The third-order valence-corrected chi connectivity index (χ3v) is 4.92. The fourth-order valence-electron chi connectivity index (χ4n) is 3.16. The van der Waals surface area contributed by atoms with Crippen LogP contribution < -0.4 is 5.32 Å². The van der Waals surface area contributed by atoms with Crippen LogP contribution in [0.15, 0.2) is 54.9 Å². The van der Waals surface area contributed by atoms with Gasteiger partial charge in [-0.2, -0.15) is 0 Å². The number of aliphatic hydroxyl groups excluding tert-OH is 1. The first-order valence-electron chi connectivity index (χ1n) is 9.79. The molecule has 4 rings (SSSR count). The molecule has 0 unspecified atom stereocenters. The van der Waals surface area contributed by atoms with Gasteiger partial charge < -0.3 is 10.4 Å². The van der Waals surface area contributed by atoms with Gasteiger partial charge in [-0.05, 0) is 41.3 Å². The maximum atomic E-state index is 9.52. The summed E-state index contributed by atoms with van der Waals surface area (Å²) in [6.45, 7) is 7.19. The minimum absolute atomic E-state index is 0.0383. The molecule has 0 aliphatic carbocycles. The highest BCUT2D eigenvalue weighted by Crippen LogP contribution is 2.33. The molecule has 154 valence electrons. The van der Waals surface area contributed by atoms with Crippen LogP contribution in [0.25, 0.3) is 28.3 Å². The topological polar surface area (TPSA) is 75.3 Å². The molecule has 0 saturated carbocycles. The molecule has 6 nitrogen and oxygen atoms in total. The van der Waals surface area contributed by atoms with Crippen molar-refractivity contribution in [3.8, 4) is 22.6 Å². The van der Waals surface area contributed by atoms with Crippen molar-refractivity contribution in [3.05, 3.63) is 65.4 Å². The van der Waals surface area contributed by atoms with Crippen LogP contribution in [0, 0.1) is 5.41 Å². The van der Waals surface area contributed by atoms with E-state index in [9.17, 15) is 5.11 Å². The molecule has 1 aromatic carbocycles. The summed E-state index contributed by atoms with van der Waals surface area (Å²) in [6, 6.07) is 13.2. The second kappa shape index (κ2) is 8.05. The summed E-state index contributed by atoms with van der Waals surface area (Å²) < 4.78 is 1.99. The Morgan fingerprint density at radius 2 is 1.83 bits per heavy atom. The van der Waals surface area contributed by atoms with Gasteiger partial charge in [0.2, 0.25) is 5.95 Å². The Morgan fingerprint density at radius 1 is 1.07 bits per heavy atom. The lowest BCUT2D eigenvalue weighted by atomic mass is 9.97. The van der Waals surface area contributed by atoms with Gasteiger partial charge in [0.05, 0.1) is 23.7 Å². The summed E-state index contributed by atoms with van der Waals surface area (Å²) in [6.07, 6.45) is 3.66. The molecule has 3 heterocycles. The minimum atomic E-state index is -0.0383. The highest BCUT2D eigenvalue weighted by Gasteiger charge is 2.18. The van der Waals surface area contributed by atoms with E-state index in [4.69, 9.17) is 21.6 Å². The van der Waals surface area contributed by atoms with Gasteiger partial charge in [0.25, 0.3) is 0 Å². The first-order valence-corrected chi connectivity index (χ1v) is 10.2. The number of pyridine rings is 1. The highest BCUT2D eigenvalue weighted by molar-refractivity contribution is 6.30. The number of fused-ring (bicyclic) bond motifs is 1. The molecule has 0 amide bonds. The number of nitrogens with one attached hydrogen (secondary N) is 1. The van der Waals surface area contributed by atoms with Crippen molar-refractivity contribution in [1.82, 2.24) is 19.4 Å². The Labute approximate surface area is 180 Å². The van der Waals surface area contributed by atoms with E-state index in [0.717, 1.165) is 40.4 Å². The molecule has 0 bridgehead atoms. The van der Waals surface area contributed by atoms with Crippen molar-refractivity contribution < 1.29 is 5.11 Å². The van der Waals surface area contributed by atoms with E-state index in [1.165, 1.54) is 0 Å². The van der Waals surface area contributed by atoms with Gasteiger partial charge >= 0.3 is 0 Å². The van der Waals surface area contributed by atoms with Crippen molar-refractivity contribution in [1.29, 1.82) is 0 Å². The number of hydrogen-bond donors (Lipinski definition) is 2. The van der Waals surface area contributed by atoms with E-state index in [2.05, 4.69) is 31.1 Å². The number of anilines is 1. The van der Waals surface area contributed by atoms with E-state index in [0.29, 0.717) is 11.0 Å². The van der Waals surface area contributed by atoms with Gasteiger partial charge in [0, 0.05) is 29.5 Å². The normalized spacial score (nSPS) is 11.8. The fraction of sp³-hybridized carbons (Fsp3) is 0.261. The predicted molar refractivity (Wildman–Crippen MR) is 121 cm³/mol. The van der Waals surface area contributed by atoms with Crippen molar-refractivity contribution >= 4 is 23.2 Å². The van der Waals surface area contributed by atoms with Gasteiger partial charge in [-0.1, -0.05) is 44.5 Å². The molecule has 0 saturated heterocycles. The zero-order valence-electron chi connectivity index (χ0n) is 17.2. The molecule has 0 aliphatic heterocycles. The van der Waals surface area contributed by atoms with Crippen LogP contribution in [-0.2, 0) is 6.61 Å². The van der Waals surface area contributed by atoms with E-state index in [1.54, 1.807) is 6.20 Å². The van der Waals surface area contributed by atoms with Gasteiger partial charge in [-0.15, -0.1) is 0 Å². The average molecular weight is 422 g/mol. The Bertz CT molecular complexity index is 1180. The maximum Gasteiger partial charge on any atom is 0.223 e. The number of hydrogen-bond acceptors (Lipinski definition) is 5. The van der Waals surface area contributed by atoms with Crippen molar-refractivity contribution in [2.75, 3.05) is 11.9 Å². The Morgan fingerprint density at radius 3 is 2.53 bits per heavy atom. The van der Waals surface area contributed by atoms with Gasteiger partial charge in [0.1, 0.15) is 5.65 Å². The van der Waals surface area contributed by atoms with Gasteiger partial charge in [-0.3, -0.25) is 4.40 Å². The zero-order valence-corrected chi connectivity index (χ0v) is 18.0. The second-order valence-electron chi connectivity index (χ2n) is 8.42. The summed E-state index contributed by atoms with van der Waals surface area (Å²) in [5, 5.41) is 13.5. The number of nitrogens with zero attached hydrogens (tertiary/aromatic N) is 4. The fourth-order valence-corrected chi connectivity index (χ4v) is 3.28. The Balaban J connectivity index is 1.86. The number of imidazole rings is 1. The smallest absolute Gasteiger partial charge is 0.223 e. The van der Waals surface area contributed by atoms with E-state index in [-0.39, 0.29) is 12.0 Å². The standard InChI is InChI=1S/C23H24ClN5O/c1-23(2,3)14-26-22-25-10-8-18(27-22)21-20(16-4-6-17(24)7-5-16)28-19-12-15(13-30)9-11-29(19)21/h4-12,30H,13-14H2,1-3H3,(H,25,26,27). The van der Waals surface area contributed by atoms with Crippen LogP contribution >= 0.6 is 11.6 Å². The number of benzene rings is 1. The maximum absolute atomic E-state index is 9.52. The molecule has 0 aliphatic rings. The molecule has 0 radical (unpaired) electrons. The Kier molecular flexibility index (Phi) is 5.45. The number of rotatable bonds is 5. The third-order valence-electron chi connectivity index (χ3n) is 4.67. The van der Waals surface area contributed by atoms with Gasteiger partial charge in [0.15, 0.2) is 0 Å². The summed E-state index contributed by atoms with van der Waals surface area (Å²) in [7, 11) is 0. The molecule has 30 heavy (non-hydrogen) atoms. The van der Waals surface area contributed by atoms with Gasteiger partial charge in [-0.25, -0.2) is 15.0 Å². The zero-order chi connectivity index (χ0) is 21.3. The summed E-state index contributed by atoms with van der Waals surface area (Å²) >= 11 is 6.08. The van der Waals surface area contributed by atoms with Crippen LogP contribution in [0.1, 0.15) is 26.3 Å². The lowest BCUT2D eigenvalue weighted by Crippen LogP contribution is -2.20. The molecule has 3 aromatic heterocycles. The van der Waals surface area contributed by atoms with Crippen molar-refractivity contribution in [3.63, 3.8) is 0 Å². The molecule has 0 spiro atoms. The molecular weight excluding hydrogens is 398 g/mol.